The molecule has 0 radical (unpaired) electrons. The van der Waals surface area contributed by atoms with Crippen LogP contribution < -0.4 is 10.0 Å². The Kier molecular flexibility index (Phi) is 3.25. The van der Waals surface area contributed by atoms with E-state index in [1.807, 2.05) is 0 Å². The van der Waals surface area contributed by atoms with Crippen molar-refractivity contribution in [2.75, 3.05) is 16.3 Å². The number of sulfonamides is 1. The van der Waals surface area contributed by atoms with Crippen LogP contribution in [0, 0.1) is 11.7 Å². The molecule has 0 aliphatic heterocycles. The molecule has 0 unspecified atom stereocenters. The highest BCUT2D eigenvalue weighted by Crippen LogP contribution is 2.30. The molecule has 7 heteroatoms. The van der Waals surface area contributed by atoms with Crippen molar-refractivity contribution in [3.8, 4) is 0 Å². The summed E-state index contributed by atoms with van der Waals surface area (Å²) < 4.78 is 37.5. The van der Waals surface area contributed by atoms with Crippen LogP contribution in [0.5, 0.6) is 0 Å². The molecule has 0 bridgehead atoms. The van der Waals surface area contributed by atoms with Gasteiger partial charge in [-0.1, -0.05) is 0 Å². The molecule has 1 aliphatic rings. The molecule has 0 aromatic heterocycles. The zero-order valence-corrected chi connectivity index (χ0v) is 10.6. The molecule has 2 N–H and O–H groups in total. The first-order valence-corrected chi connectivity index (χ1v) is 7.32. The number of nitrogens with one attached hydrogen (secondary N) is 2. The lowest BCUT2D eigenvalue weighted by Gasteiger charge is -2.09. The molecule has 1 fully saturated rings. The average Bonchev–Trinajstić information content (AvgIpc) is 3.04. The van der Waals surface area contributed by atoms with Crippen molar-refractivity contribution in [3.63, 3.8) is 0 Å². The second-order valence-electron chi connectivity index (χ2n) is 4.33. The van der Waals surface area contributed by atoms with Crippen LogP contribution in [0.1, 0.15) is 12.8 Å². The molecule has 18 heavy (non-hydrogen) atoms. The van der Waals surface area contributed by atoms with Gasteiger partial charge >= 0.3 is 0 Å². The van der Waals surface area contributed by atoms with Gasteiger partial charge in [0.25, 0.3) is 0 Å². The van der Waals surface area contributed by atoms with Crippen LogP contribution in [0.25, 0.3) is 0 Å². The molecular weight excluding hydrogens is 259 g/mol. The lowest BCUT2D eigenvalue weighted by molar-refractivity contribution is -0.117. The second-order valence-corrected chi connectivity index (χ2v) is 6.08. The largest absolute Gasteiger partial charge is 0.326 e. The van der Waals surface area contributed by atoms with Crippen molar-refractivity contribution in [2.45, 2.75) is 12.8 Å². The summed E-state index contributed by atoms with van der Waals surface area (Å²) in [6.45, 7) is 0. The second kappa shape index (κ2) is 4.56. The predicted octanol–water partition coefficient (Wildman–Crippen LogP) is 1.55. The standard InChI is InChI=1S/C11H13FN2O3S/c1-18(16,17)14-10-6-8(4-5-9(10)12)13-11(15)7-2-3-7/h4-7,14H,2-3H2,1H3,(H,13,15). The highest BCUT2D eigenvalue weighted by Gasteiger charge is 2.29. The van der Waals surface area contributed by atoms with Gasteiger partial charge in [-0.25, -0.2) is 12.8 Å². The summed E-state index contributed by atoms with van der Waals surface area (Å²) in [4.78, 5) is 11.5. The number of rotatable bonds is 4. The Labute approximate surface area is 104 Å². The number of hydrogen-bond acceptors (Lipinski definition) is 3. The van der Waals surface area contributed by atoms with Gasteiger partial charge in [-0.05, 0) is 31.0 Å². The zero-order chi connectivity index (χ0) is 13.3. The highest BCUT2D eigenvalue weighted by atomic mass is 32.2. The van der Waals surface area contributed by atoms with Crippen molar-refractivity contribution in [3.05, 3.63) is 24.0 Å². The molecule has 0 atom stereocenters. The normalized spacial score (nSPS) is 15.2. The molecule has 0 spiro atoms. The molecule has 1 aliphatic carbocycles. The van der Waals surface area contributed by atoms with E-state index in [0.717, 1.165) is 25.2 Å². The monoisotopic (exact) mass is 272 g/mol. The Morgan fingerprint density at radius 3 is 2.61 bits per heavy atom. The quantitative estimate of drug-likeness (QED) is 0.873. The minimum absolute atomic E-state index is 0.0290. The van der Waals surface area contributed by atoms with Gasteiger partial charge in [-0.2, -0.15) is 0 Å². The number of halogens is 1. The summed E-state index contributed by atoms with van der Waals surface area (Å²) in [7, 11) is -3.55. The number of amides is 1. The third-order valence-corrected chi connectivity index (χ3v) is 3.07. The Balaban J connectivity index is 2.17. The summed E-state index contributed by atoms with van der Waals surface area (Å²) in [6, 6.07) is 3.76. The molecule has 1 aromatic carbocycles. The number of carbonyl (C=O) groups excluding carboxylic acids is 1. The van der Waals surface area contributed by atoms with Gasteiger partial charge in [-0.15, -0.1) is 0 Å². The average molecular weight is 272 g/mol. The Morgan fingerprint density at radius 2 is 2.06 bits per heavy atom. The fourth-order valence-electron chi connectivity index (χ4n) is 1.47. The van der Waals surface area contributed by atoms with Gasteiger partial charge in [0.05, 0.1) is 11.9 Å². The van der Waals surface area contributed by atoms with E-state index in [2.05, 4.69) is 10.0 Å². The van der Waals surface area contributed by atoms with E-state index >= 15 is 0 Å². The SMILES string of the molecule is CS(=O)(=O)Nc1cc(NC(=O)C2CC2)ccc1F. The number of carbonyl (C=O) groups is 1. The van der Waals surface area contributed by atoms with Crippen molar-refractivity contribution in [1.82, 2.24) is 0 Å². The molecule has 1 aromatic rings. The number of anilines is 2. The first-order chi connectivity index (χ1) is 8.35. The van der Waals surface area contributed by atoms with Crippen LogP contribution in [0.15, 0.2) is 18.2 Å². The van der Waals surface area contributed by atoms with Crippen molar-refractivity contribution in [1.29, 1.82) is 0 Å². The fourth-order valence-corrected chi connectivity index (χ4v) is 2.03. The molecule has 1 amide bonds. The third kappa shape index (κ3) is 3.43. The molecule has 5 nitrogen and oxygen atoms in total. The van der Waals surface area contributed by atoms with E-state index in [1.54, 1.807) is 0 Å². The summed E-state index contributed by atoms with van der Waals surface area (Å²) in [6.07, 6.45) is 2.66. The van der Waals surface area contributed by atoms with Crippen LogP contribution in [0.3, 0.4) is 0 Å². The van der Waals surface area contributed by atoms with Crippen LogP contribution >= 0.6 is 0 Å². The van der Waals surface area contributed by atoms with Crippen LogP contribution in [-0.4, -0.2) is 20.6 Å². The number of benzene rings is 1. The first kappa shape index (κ1) is 12.8. The topological polar surface area (TPSA) is 75.3 Å². The molecule has 0 heterocycles. The first-order valence-electron chi connectivity index (χ1n) is 5.43. The van der Waals surface area contributed by atoms with Crippen LogP contribution in [-0.2, 0) is 14.8 Å². The summed E-state index contributed by atoms with van der Waals surface area (Å²) in [5.41, 5.74) is 0.200. The lowest BCUT2D eigenvalue weighted by atomic mass is 10.2. The minimum Gasteiger partial charge on any atom is -0.326 e. The number of hydrogen-bond donors (Lipinski definition) is 2. The summed E-state index contributed by atoms with van der Waals surface area (Å²) in [5.74, 6) is -0.780. The Morgan fingerprint density at radius 1 is 1.39 bits per heavy atom. The van der Waals surface area contributed by atoms with E-state index in [1.165, 1.54) is 12.1 Å². The maximum atomic E-state index is 13.4. The summed E-state index contributed by atoms with van der Waals surface area (Å²) in [5, 5.41) is 2.62. The van der Waals surface area contributed by atoms with E-state index < -0.39 is 15.8 Å². The van der Waals surface area contributed by atoms with E-state index in [-0.39, 0.29) is 17.5 Å². The van der Waals surface area contributed by atoms with E-state index in [9.17, 15) is 17.6 Å². The predicted molar refractivity (Wildman–Crippen MR) is 66.2 cm³/mol. The van der Waals surface area contributed by atoms with Crippen molar-refractivity contribution < 1.29 is 17.6 Å². The maximum absolute atomic E-state index is 13.4. The van der Waals surface area contributed by atoms with Crippen molar-refractivity contribution in [2.24, 2.45) is 5.92 Å². The smallest absolute Gasteiger partial charge is 0.229 e. The Bertz CT molecular complexity index is 582. The van der Waals surface area contributed by atoms with Gasteiger partial charge in [0.1, 0.15) is 5.82 Å². The molecule has 0 saturated heterocycles. The highest BCUT2D eigenvalue weighted by molar-refractivity contribution is 7.92. The lowest BCUT2D eigenvalue weighted by Crippen LogP contribution is -2.15. The van der Waals surface area contributed by atoms with Crippen LogP contribution in [0.4, 0.5) is 15.8 Å². The van der Waals surface area contributed by atoms with Gasteiger partial charge in [0.2, 0.25) is 15.9 Å². The fraction of sp³-hybridized carbons (Fsp3) is 0.364. The summed E-state index contributed by atoms with van der Waals surface area (Å²) >= 11 is 0. The minimum atomic E-state index is -3.55. The molecule has 98 valence electrons. The van der Waals surface area contributed by atoms with Crippen molar-refractivity contribution >= 4 is 27.3 Å². The van der Waals surface area contributed by atoms with E-state index in [4.69, 9.17) is 0 Å². The zero-order valence-electron chi connectivity index (χ0n) is 9.73. The van der Waals surface area contributed by atoms with Gasteiger partial charge in [-0.3, -0.25) is 9.52 Å². The Hall–Kier alpha value is -1.63. The van der Waals surface area contributed by atoms with Gasteiger partial charge < -0.3 is 5.32 Å². The molecule has 2 rings (SSSR count). The third-order valence-electron chi connectivity index (χ3n) is 2.48. The molecular formula is C11H13FN2O3S. The van der Waals surface area contributed by atoms with Crippen LogP contribution in [0.2, 0.25) is 0 Å². The maximum Gasteiger partial charge on any atom is 0.229 e. The van der Waals surface area contributed by atoms with Gasteiger partial charge in [0.15, 0.2) is 0 Å². The van der Waals surface area contributed by atoms with E-state index in [0.29, 0.717) is 5.69 Å². The van der Waals surface area contributed by atoms with Gasteiger partial charge in [0, 0.05) is 11.6 Å². The molecule has 1 saturated carbocycles.